The molecule has 1 saturated heterocycles. The Balaban J connectivity index is 1.91. The smallest absolute Gasteiger partial charge is 0.202 e. The van der Waals surface area contributed by atoms with Crippen LogP contribution in [0.3, 0.4) is 0 Å². The van der Waals surface area contributed by atoms with E-state index in [0.29, 0.717) is 0 Å². The number of nitrogens with zero attached hydrogens (tertiary/aromatic N) is 2. The molecule has 1 unspecified atom stereocenters. The summed E-state index contributed by atoms with van der Waals surface area (Å²) in [6, 6.07) is 0. The maximum Gasteiger partial charge on any atom is 0.202 e. The Labute approximate surface area is 99.8 Å². The van der Waals surface area contributed by atoms with Crippen molar-refractivity contribution in [2.75, 3.05) is 32.1 Å². The van der Waals surface area contributed by atoms with Crippen molar-refractivity contribution in [1.29, 1.82) is 0 Å². The average Bonchev–Trinajstić information content (AvgIpc) is 2.86. The number of nitrogens with one attached hydrogen (secondary N) is 2. The standard InChI is InChI=1S/C10H18N4OS/c1-8-13-9(16-14-8)11-6-10(7-15-2)4-3-5-12-10/h12H,3-7H2,1-2H3,(H,11,13,14). The van der Waals surface area contributed by atoms with E-state index in [4.69, 9.17) is 4.74 Å². The average molecular weight is 242 g/mol. The van der Waals surface area contributed by atoms with E-state index in [2.05, 4.69) is 20.0 Å². The normalized spacial score (nSPS) is 24.9. The van der Waals surface area contributed by atoms with Crippen LogP contribution in [0.5, 0.6) is 0 Å². The number of anilines is 1. The first kappa shape index (κ1) is 11.8. The second-order valence-electron chi connectivity index (χ2n) is 4.24. The van der Waals surface area contributed by atoms with Crippen LogP contribution < -0.4 is 10.6 Å². The molecule has 90 valence electrons. The highest BCUT2D eigenvalue weighted by atomic mass is 32.1. The first-order valence-corrected chi connectivity index (χ1v) is 6.30. The number of hydrogen-bond donors (Lipinski definition) is 2. The van der Waals surface area contributed by atoms with Gasteiger partial charge in [0.05, 0.1) is 12.1 Å². The highest BCUT2D eigenvalue weighted by Gasteiger charge is 2.33. The van der Waals surface area contributed by atoms with Crippen LogP contribution in [0.2, 0.25) is 0 Å². The monoisotopic (exact) mass is 242 g/mol. The van der Waals surface area contributed by atoms with Crippen molar-refractivity contribution in [3.05, 3.63) is 5.82 Å². The van der Waals surface area contributed by atoms with Crippen molar-refractivity contribution in [1.82, 2.24) is 14.7 Å². The van der Waals surface area contributed by atoms with E-state index in [1.165, 1.54) is 18.0 Å². The minimum Gasteiger partial charge on any atom is -0.383 e. The number of methoxy groups -OCH3 is 1. The van der Waals surface area contributed by atoms with Gasteiger partial charge in [0.1, 0.15) is 5.82 Å². The number of hydrogen-bond acceptors (Lipinski definition) is 6. The SMILES string of the molecule is COCC1(CNc2nc(C)ns2)CCCN1. The number of ether oxygens (including phenoxy) is 1. The molecule has 2 N–H and O–H groups in total. The van der Waals surface area contributed by atoms with E-state index in [1.807, 2.05) is 6.92 Å². The van der Waals surface area contributed by atoms with E-state index in [0.717, 1.165) is 37.1 Å². The zero-order valence-electron chi connectivity index (χ0n) is 9.75. The Morgan fingerprint density at radius 3 is 3.06 bits per heavy atom. The van der Waals surface area contributed by atoms with E-state index in [9.17, 15) is 0 Å². The molecule has 6 heteroatoms. The third-order valence-corrected chi connectivity index (χ3v) is 3.62. The van der Waals surface area contributed by atoms with Gasteiger partial charge in [-0.1, -0.05) is 0 Å². The van der Waals surface area contributed by atoms with E-state index in [1.54, 1.807) is 7.11 Å². The van der Waals surface area contributed by atoms with Crippen LogP contribution in [-0.4, -0.2) is 41.7 Å². The molecule has 5 nitrogen and oxygen atoms in total. The third-order valence-electron chi connectivity index (χ3n) is 2.86. The lowest BCUT2D eigenvalue weighted by atomic mass is 9.99. The van der Waals surface area contributed by atoms with Crippen LogP contribution >= 0.6 is 11.5 Å². The lowest BCUT2D eigenvalue weighted by Gasteiger charge is -2.28. The van der Waals surface area contributed by atoms with Crippen molar-refractivity contribution in [2.24, 2.45) is 0 Å². The summed E-state index contributed by atoms with van der Waals surface area (Å²) in [4.78, 5) is 4.29. The molecule has 1 fully saturated rings. The van der Waals surface area contributed by atoms with Crippen molar-refractivity contribution in [3.8, 4) is 0 Å². The Kier molecular flexibility index (Phi) is 3.73. The predicted molar refractivity (Wildman–Crippen MR) is 65.0 cm³/mol. The van der Waals surface area contributed by atoms with Gasteiger partial charge in [-0.05, 0) is 26.3 Å². The fourth-order valence-electron chi connectivity index (χ4n) is 2.08. The minimum atomic E-state index is 0.0638. The van der Waals surface area contributed by atoms with Gasteiger partial charge >= 0.3 is 0 Å². The summed E-state index contributed by atoms with van der Waals surface area (Å²) in [5, 5.41) is 7.74. The number of aryl methyl sites for hydroxylation is 1. The summed E-state index contributed by atoms with van der Waals surface area (Å²) < 4.78 is 9.43. The van der Waals surface area contributed by atoms with Gasteiger partial charge in [-0.25, -0.2) is 4.98 Å². The van der Waals surface area contributed by atoms with Crippen LogP contribution in [-0.2, 0) is 4.74 Å². The molecule has 2 rings (SSSR count). The summed E-state index contributed by atoms with van der Waals surface area (Å²) >= 11 is 1.41. The van der Waals surface area contributed by atoms with Gasteiger partial charge in [0.2, 0.25) is 5.13 Å². The van der Waals surface area contributed by atoms with Gasteiger partial charge in [-0.3, -0.25) is 0 Å². The largest absolute Gasteiger partial charge is 0.383 e. The fraction of sp³-hybridized carbons (Fsp3) is 0.800. The predicted octanol–water partition coefficient (Wildman–Crippen LogP) is 1.03. The Morgan fingerprint density at radius 1 is 1.62 bits per heavy atom. The molecule has 0 aliphatic carbocycles. The maximum atomic E-state index is 5.29. The zero-order valence-corrected chi connectivity index (χ0v) is 10.6. The van der Waals surface area contributed by atoms with Gasteiger partial charge in [0, 0.05) is 25.2 Å². The van der Waals surface area contributed by atoms with Crippen LogP contribution in [0.1, 0.15) is 18.7 Å². The molecule has 1 aliphatic heterocycles. The van der Waals surface area contributed by atoms with Crippen molar-refractivity contribution in [2.45, 2.75) is 25.3 Å². The molecule has 1 aromatic heterocycles. The summed E-state index contributed by atoms with van der Waals surface area (Å²) in [6.07, 6.45) is 2.35. The molecule has 0 amide bonds. The van der Waals surface area contributed by atoms with Crippen LogP contribution in [0.4, 0.5) is 5.13 Å². The van der Waals surface area contributed by atoms with E-state index >= 15 is 0 Å². The molecular formula is C10H18N4OS. The maximum absolute atomic E-state index is 5.29. The number of aromatic nitrogens is 2. The highest BCUT2D eigenvalue weighted by Crippen LogP contribution is 2.21. The summed E-state index contributed by atoms with van der Waals surface area (Å²) in [6.45, 7) is 4.55. The lowest BCUT2D eigenvalue weighted by molar-refractivity contribution is 0.127. The molecule has 1 aromatic rings. The van der Waals surface area contributed by atoms with Gasteiger partial charge < -0.3 is 15.4 Å². The molecule has 16 heavy (non-hydrogen) atoms. The highest BCUT2D eigenvalue weighted by molar-refractivity contribution is 7.09. The Morgan fingerprint density at radius 2 is 2.50 bits per heavy atom. The van der Waals surface area contributed by atoms with Gasteiger partial charge in [0.15, 0.2) is 0 Å². The van der Waals surface area contributed by atoms with Gasteiger partial charge in [-0.15, -0.1) is 0 Å². The van der Waals surface area contributed by atoms with Crippen LogP contribution in [0, 0.1) is 6.92 Å². The molecule has 1 atom stereocenters. The lowest BCUT2D eigenvalue weighted by Crippen LogP contribution is -2.49. The molecule has 0 spiro atoms. The Bertz CT molecular complexity index is 335. The van der Waals surface area contributed by atoms with Crippen molar-refractivity contribution >= 4 is 16.7 Å². The van der Waals surface area contributed by atoms with Crippen LogP contribution in [0.25, 0.3) is 0 Å². The minimum absolute atomic E-state index is 0.0638. The molecule has 2 heterocycles. The van der Waals surface area contributed by atoms with Crippen LogP contribution in [0.15, 0.2) is 0 Å². The first-order chi connectivity index (χ1) is 7.74. The van der Waals surface area contributed by atoms with E-state index < -0.39 is 0 Å². The molecule has 0 radical (unpaired) electrons. The van der Waals surface area contributed by atoms with Gasteiger partial charge in [0.25, 0.3) is 0 Å². The summed E-state index contributed by atoms with van der Waals surface area (Å²) in [7, 11) is 1.75. The van der Waals surface area contributed by atoms with E-state index in [-0.39, 0.29) is 5.54 Å². The van der Waals surface area contributed by atoms with Gasteiger partial charge in [-0.2, -0.15) is 4.37 Å². The zero-order chi connectivity index (χ0) is 11.4. The van der Waals surface area contributed by atoms with Crippen molar-refractivity contribution in [3.63, 3.8) is 0 Å². The molecule has 0 saturated carbocycles. The topological polar surface area (TPSA) is 59.1 Å². The molecular weight excluding hydrogens is 224 g/mol. The first-order valence-electron chi connectivity index (χ1n) is 5.52. The van der Waals surface area contributed by atoms with Crippen molar-refractivity contribution < 1.29 is 4.74 Å². The molecule has 1 aliphatic rings. The molecule has 0 bridgehead atoms. The molecule has 0 aromatic carbocycles. The number of rotatable bonds is 5. The third kappa shape index (κ3) is 2.69. The Hall–Kier alpha value is -0.720. The quantitative estimate of drug-likeness (QED) is 0.807. The fourth-order valence-corrected chi connectivity index (χ4v) is 2.65. The summed E-state index contributed by atoms with van der Waals surface area (Å²) in [5.41, 5.74) is 0.0638. The summed E-state index contributed by atoms with van der Waals surface area (Å²) in [5.74, 6) is 0.827. The second kappa shape index (κ2) is 5.07. The second-order valence-corrected chi connectivity index (χ2v) is 5.00.